The van der Waals surface area contributed by atoms with E-state index in [1.807, 2.05) is 19.9 Å². The van der Waals surface area contributed by atoms with E-state index < -0.39 is 35.1 Å². The Morgan fingerprint density at radius 3 is 2.41 bits per heavy atom. The molecule has 1 aliphatic heterocycles. The number of aliphatic hydroxyl groups is 2. The van der Waals surface area contributed by atoms with Crippen LogP contribution in [0.1, 0.15) is 42.6 Å². The average molecular weight is 499 g/mol. The molecule has 0 spiro atoms. The third-order valence-corrected chi connectivity index (χ3v) is 7.24. The van der Waals surface area contributed by atoms with Crippen LogP contribution in [-0.2, 0) is 16.0 Å². The molecule has 8 heteroatoms. The number of fused-ring (bicyclic) bond motifs is 3. The Kier molecular flexibility index (Phi) is 4.74. The second kappa shape index (κ2) is 7.16. The Morgan fingerprint density at radius 1 is 1.16 bits per heavy atom. The van der Waals surface area contributed by atoms with Crippen molar-refractivity contribution >= 4 is 21.9 Å². The fourth-order valence-electron chi connectivity index (χ4n) is 5.30. The molecule has 0 radical (unpaired) electrons. The third kappa shape index (κ3) is 2.60. The Morgan fingerprint density at radius 2 is 1.81 bits per heavy atom. The van der Waals surface area contributed by atoms with E-state index in [9.17, 15) is 20.1 Å². The van der Waals surface area contributed by atoms with E-state index in [4.69, 9.17) is 4.74 Å². The molecule has 1 unspecified atom stereocenters. The highest BCUT2D eigenvalue weighted by Gasteiger charge is 2.78. The van der Waals surface area contributed by atoms with Crippen molar-refractivity contribution in [1.29, 1.82) is 0 Å². The molecular formula is C24H23BrN2O5. The highest BCUT2D eigenvalue weighted by molar-refractivity contribution is 9.10. The summed E-state index contributed by atoms with van der Waals surface area (Å²) in [5.74, 6) is -3.06. The maximum absolute atomic E-state index is 12.5. The van der Waals surface area contributed by atoms with Crippen LogP contribution < -0.4 is 4.74 Å². The standard InChI is InChI=1S/C24H23BrN2O5/c1-13(2)27-12-17-20(26-27)23(31)21(28)18(22(29)30)19(14-6-4-3-5-7-14)24(23,32-17)15-8-10-16(25)11-9-15/h3-13,18-19,21,28,31H,1-2H3,(H,29,30)/t18-,19-,21-,23?,24+/m1/s1. The van der Waals surface area contributed by atoms with Crippen molar-refractivity contribution in [2.24, 2.45) is 5.92 Å². The number of carbonyl (C=O) groups is 1. The molecule has 3 N–H and O–H groups in total. The molecule has 0 saturated heterocycles. The fraction of sp³-hybridized carbons (Fsp3) is 0.333. The Hall–Kier alpha value is -2.68. The zero-order valence-corrected chi connectivity index (χ0v) is 19.1. The molecule has 0 bridgehead atoms. The van der Waals surface area contributed by atoms with Crippen molar-refractivity contribution in [3.63, 3.8) is 0 Å². The number of hydrogen-bond donors (Lipinski definition) is 3. The van der Waals surface area contributed by atoms with Crippen LogP contribution in [0.4, 0.5) is 0 Å². The Labute approximate surface area is 193 Å². The molecule has 2 heterocycles. The lowest BCUT2D eigenvalue weighted by Gasteiger charge is -2.40. The number of rotatable bonds is 4. The van der Waals surface area contributed by atoms with Crippen LogP contribution >= 0.6 is 15.9 Å². The summed E-state index contributed by atoms with van der Waals surface area (Å²) in [6.45, 7) is 3.87. The molecule has 3 aromatic rings. The Balaban J connectivity index is 1.83. The minimum absolute atomic E-state index is 0.00591. The number of ether oxygens (including phenoxy) is 1. The summed E-state index contributed by atoms with van der Waals surface area (Å²) in [6, 6.07) is 16.2. The summed E-state index contributed by atoms with van der Waals surface area (Å²) in [6.07, 6.45) is 0.0483. The number of aliphatic hydroxyl groups excluding tert-OH is 1. The third-order valence-electron chi connectivity index (χ3n) is 6.71. The monoisotopic (exact) mass is 498 g/mol. The number of nitrogens with zero attached hydrogens (tertiary/aromatic N) is 2. The van der Waals surface area contributed by atoms with Gasteiger partial charge in [0.1, 0.15) is 11.8 Å². The van der Waals surface area contributed by atoms with Gasteiger partial charge in [-0.15, -0.1) is 0 Å². The molecule has 1 saturated carbocycles. The van der Waals surface area contributed by atoms with Crippen LogP contribution in [0, 0.1) is 5.92 Å². The van der Waals surface area contributed by atoms with E-state index in [1.165, 1.54) is 0 Å². The normalized spacial score (nSPS) is 30.8. The molecule has 5 rings (SSSR count). The van der Waals surface area contributed by atoms with Crippen LogP contribution in [0.15, 0.2) is 65.3 Å². The van der Waals surface area contributed by atoms with Gasteiger partial charge in [-0.25, -0.2) is 0 Å². The summed E-state index contributed by atoms with van der Waals surface area (Å²) in [7, 11) is 0. The molecule has 166 valence electrons. The molecule has 1 aromatic heterocycles. The topological polar surface area (TPSA) is 105 Å². The molecule has 5 atom stereocenters. The summed E-state index contributed by atoms with van der Waals surface area (Å²) >= 11 is 3.43. The minimum Gasteiger partial charge on any atom is -0.481 e. The van der Waals surface area contributed by atoms with Gasteiger partial charge < -0.3 is 20.1 Å². The van der Waals surface area contributed by atoms with Crippen molar-refractivity contribution in [2.45, 2.75) is 43.1 Å². The summed E-state index contributed by atoms with van der Waals surface area (Å²) < 4.78 is 8.99. The number of aliphatic carboxylic acids is 1. The van der Waals surface area contributed by atoms with Gasteiger partial charge in [0.05, 0.1) is 12.1 Å². The van der Waals surface area contributed by atoms with E-state index in [0.717, 1.165) is 4.47 Å². The molecular weight excluding hydrogens is 476 g/mol. The van der Waals surface area contributed by atoms with E-state index in [0.29, 0.717) is 16.9 Å². The zero-order chi connectivity index (χ0) is 22.8. The number of benzene rings is 2. The second-order valence-corrected chi connectivity index (χ2v) is 9.64. The first-order valence-corrected chi connectivity index (χ1v) is 11.2. The number of halogens is 1. The number of aromatic nitrogens is 2. The van der Waals surface area contributed by atoms with Gasteiger partial charge in [0.2, 0.25) is 0 Å². The first-order valence-electron chi connectivity index (χ1n) is 10.4. The summed E-state index contributed by atoms with van der Waals surface area (Å²) in [5, 5.41) is 38.4. The Bertz CT molecular complexity index is 1180. The highest BCUT2D eigenvalue weighted by Crippen LogP contribution is 2.68. The molecule has 1 aliphatic carbocycles. The van der Waals surface area contributed by atoms with Crippen LogP contribution in [-0.4, -0.2) is 37.2 Å². The lowest BCUT2D eigenvalue weighted by Crippen LogP contribution is -2.52. The van der Waals surface area contributed by atoms with Crippen molar-refractivity contribution in [3.05, 3.63) is 82.1 Å². The number of carboxylic acids is 1. The molecule has 1 fully saturated rings. The van der Waals surface area contributed by atoms with Crippen LogP contribution in [0.5, 0.6) is 5.75 Å². The molecule has 32 heavy (non-hydrogen) atoms. The van der Waals surface area contributed by atoms with Crippen LogP contribution in [0.2, 0.25) is 0 Å². The fourth-order valence-corrected chi connectivity index (χ4v) is 5.56. The number of carboxylic acid groups (broad SMARTS) is 1. The van der Waals surface area contributed by atoms with Crippen LogP contribution in [0.3, 0.4) is 0 Å². The molecule has 2 aromatic carbocycles. The van der Waals surface area contributed by atoms with Crippen molar-refractivity contribution < 1.29 is 24.9 Å². The van der Waals surface area contributed by atoms with Gasteiger partial charge in [0.25, 0.3) is 0 Å². The maximum atomic E-state index is 12.5. The SMILES string of the molecule is CC(C)n1cc2c(n1)C1(O)[C@H](O)[C@H](C(=O)O)[C@@H](c3ccccc3)[C@]1(c1ccc(Br)cc1)O2. The van der Waals surface area contributed by atoms with Crippen LogP contribution in [0.25, 0.3) is 0 Å². The van der Waals surface area contributed by atoms with Gasteiger partial charge in [-0.05, 0) is 37.1 Å². The van der Waals surface area contributed by atoms with Gasteiger partial charge >= 0.3 is 5.97 Å². The maximum Gasteiger partial charge on any atom is 0.310 e. The number of hydrogen-bond acceptors (Lipinski definition) is 5. The highest BCUT2D eigenvalue weighted by atomic mass is 79.9. The van der Waals surface area contributed by atoms with Gasteiger partial charge in [-0.2, -0.15) is 5.10 Å². The predicted octanol–water partition coefficient (Wildman–Crippen LogP) is 3.56. The minimum atomic E-state index is -2.07. The van der Waals surface area contributed by atoms with Crippen molar-refractivity contribution in [2.75, 3.05) is 0 Å². The van der Waals surface area contributed by atoms with Gasteiger partial charge in [-0.1, -0.05) is 58.4 Å². The van der Waals surface area contributed by atoms with Crippen molar-refractivity contribution in [1.82, 2.24) is 9.78 Å². The average Bonchev–Trinajstić information content (AvgIpc) is 3.35. The first kappa shape index (κ1) is 21.2. The quantitative estimate of drug-likeness (QED) is 0.507. The smallest absolute Gasteiger partial charge is 0.310 e. The van der Waals surface area contributed by atoms with Gasteiger partial charge in [0, 0.05) is 16.4 Å². The lowest BCUT2D eigenvalue weighted by molar-refractivity contribution is -0.161. The largest absolute Gasteiger partial charge is 0.481 e. The van der Waals surface area contributed by atoms with E-state index in [-0.39, 0.29) is 11.7 Å². The zero-order valence-electron chi connectivity index (χ0n) is 17.5. The molecule has 0 amide bonds. The lowest BCUT2D eigenvalue weighted by atomic mass is 9.71. The molecule has 7 nitrogen and oxygen atoms in total. The van der Waals surface area contributed by atoms with Crippen molar-refractivity contribution in [3.8, 4) is 5.75 Å². The summed E-state index contributed by atoms with van der Waals surface area (Å²) in [5.41, 5.74) is -2.27. The van der Waals surface area contributed by atoms with Gasteiger partial charge in [-0.3, -0.25) is 9.48 Å². The first-order chi connectivity index (χ1) is 15.2. The van der Waals surface area contributed by atoms with E-state index >= 15 is 0 Å². The van der Waals surface area contributed by atoms with Gasteiger partial charge in [0.15, 0.2) is 17.0 Å². The molecule has 2 aliphatic rings. The van der Waals surface area contributed by atoms with E-state index in [1.54, 1.807) is 59.4 Å². The second-order valence-electron chi connectivity index (χ2n) is 8.72. The summed E-state index contributed by atoms with van der Waals surface area (Å²) in [4.78, 5) is 12.5. The van der Waals surface area contributed by atoms with E-state index in [2.05, 4.69) is 21.0 Å². The predicted molar refractivity (Wildman–Crippen MR) is 119 cm³/mol.